The number of halogens is 1. The maximum Gasteiger partial charge on any atom is 0.225 e. The lowest BCUT2D eigenvalue weighted by atomic mass is 9.77. The van der Waals surface area contributed by atoms with Gasteiger partial charge in [-0.05, 0) is 68.8 Å². The molecule has 0 bridgehead atoms. The molecule has 9 heteroatoms. The maximum atomic E-state index is 13.4. The van der Waals surface area contributed by atoms with Gasteiger partial charge in [-0.3, -0.25) is 4.79 Å². The van der Waals surface area contributed by atoms with Crippen LogP contribution in [0, 0.1) is 11.7 Å². The molecule has 1 aliphatic carbocycles. The van der Waals surface area contributed by atoms with Crippen molar-refractivity contribution in [3.8, 4) is 0 Å². The van der Waals surface area contributed by atoms with E-state index in [1.54, 1.807) is 17.0 Å². The molecule has 1 aromatic rings. The van der Waals surface area contributed by atoms with Crippen LogP contribution in [0.3, 0.4) is 0 Å². The molecule has 7 nitrogen and oxygen atoms in total. The van der Waals surface area contributed by atoms with E-state index in [0.717, 1.165) is 19.6 Å². The highest BCUT2D eigenvalue weighted by molar-refractivity contribution is 7.80. The minimum Gasteiger partial charge on any atom is -0.390 e. The lowest BCUT2D eigenvalue weighted by Gasteiger charge is -2.41. The smallest absolute Gasteiger partial charge is 0.225 e. The number of benzene rings is 1. The molecule has 2 aliphatic heterocycles. The number of hydrogen-bond donors (Lipinski definition) is 4. The van der Waals surface area contributed by atoms with Crippen LogP contribution in [0.5, 0.6) is 0 Å². The second-order valence-electron chi connectivity index (χ2n) is 8.41. The number of carbonyl (C=O) groups excluding carboxylic acids is 1. The summed E-state index contributed by atoms with van der Waals surface area (Å²) in [5.74, 6) is -1.08. The molecule has 4 rings (SSSR count). The minimum absolute atomic E-state index is 0.139. The number of fused-ring (bicyclic) bond motifs is 1. The Kier molecular flexibility index (Phi) is 6.52. The molecule has 0 aromatic heterocycles. The van der Waals surface area contributed by atoms with E-state index in [9.17, 15) is 19.4 Å². The molecule has 0 spiro atoms. The predicted octanol–water partition coefficient (Wildman–Crippen LogP) is 0.601. The van der Waals surface area contributed by atoms with E-state index < -0.39 is 30.2 Å². The fraction of sp³-hybridized carbons (Fsp3) is 0.619. The van der Waals surface area contributed by atoms with Crippen molar-refractivity contribution in [2.24, 2.45) is 5.92 Å². The summed E-state index contributed by atoms with van der Waals surface area (Å²) in [6, 6.07) is 4.85. The molecule has 164 valence electrons. The van der Waals surface area contributed by atoms with Crippen molar-refractivity contribution in [2.75, 3.05) is 31.1 Å². The summed E-state index contributed by atoms with van der Waals surface area (Å²) in [6.45, 7) is 3.47. The Hall–Kier alpha value is -1.81. The van der Waals surface area contributed by atoms with Crippen molar-refractivity contribution in [1.82, 2.24) is 15.5 Å². The van der Waals surface area contributed by atoms with Crippen LogP contribution in [0.2, 0.25) is 0 Å². The molecule has 3 aliphatic rings. The van der Waals surface area contributed by atoms with Gasteiger partial charge in [0.25, 0.3) is 0 Å². The zero-order valence-corrected chi connectivity index (χ0v) is 17.7. The van der Waals surface area contributed by atoms with Gasteiger partial charge in [-0.2, -0.15) is 0 Å². The molecule has 5 atom stereocenters. The van der Waals surface area contributed by atoms with Crippen molar-refractivity contribution in [1.29, 1.82) is 0 Å². The van der Waals surface area contributed by atoms with Gasteiger partial charge in [-0.15, -0.1) is 0 Å². The summed E-state index contributed by atoms with van der Waals surface area (Å²) in [4.78, 5) is 17.2. The number of thiocarbonyl (C=S) groups is 1. The first-order valence-corrected chi connectivity index (χ1v) is 11.1. The zero-order valence-electron chi connectivity index (χ0n) is 16.8. The first-order chi connectivity index (χ1) is 14.5. The largest absolute Gasteiger partial charge is 0.390 e. The summed E-state index contributed by atoms with van der Waals surface area (Å²) >= 11 is 5.46. The zero-order chi connectivity index (χ0) is 21.3. The molecule has 4 N–H and O–H groups in total. The van der Waals surface area contributed by atoms with Crippen molar-refractivity contribution in [2.45, 2.75) is 50.0 Å². The third-order valence-corrected chi connectivity index (χ3v) is 6.78. The SMILES string of the molecule is O=C(NCCN1CCCCC1)[C@@H]1C[C@@H](O)[C@H](O)[C@@H]2NC(=S)N(c3ccc(F)cc3)[C@@H]21. The van der Waals surface area contributed by atoms with Crippen LogP contribution in [0.4, 0.5) is 10.1 Å². The van der Waals surface area contributed by atoms with Crippen molar-refractivity contribution in [3.05, 3.63) is 30.1 Å². The number of anilines is 1. The standard InChI is InChI=1S/C21H29FN4O3S/c22-13-4-6-14(7-5-13)26-18-15(12-16(27)19(28)17(18)24-21(26)30)20(29)23-8-11-25-9-2-1-3-10-25/h4-7,15-19,27-28H,1-3,8-12H2,(H,23,29)(H,24,30)/t15-,16-,17-,18-,19+/m1/s1. The monoisotopic (exact) mass is 436 g/mol. The van der Waals surface area contributed by atoms with Crippen LogP contribution in [0.25, 0.3) is 0 Å². The van der Waals surface area contributed by atoms with Gasteiger partial charge in [-0.25, -0.2) is 4.39 Å². The number of carbonyl (C=O) groups is 1. The normalized spacial score (nSPS) is 31.9. The molecule has 1 saturated carbocycles. The molecule has 3 fully saturated rings. The van der Waals surface area contributed by atoms with Gasteiger partial charge >= 0.3 is 0 Å². The highest BCUT2D eigenvalue weighted by Gasteiger charge is 2.53. The first-order valence-electron chi connectivity index (χ1n) is 10.7. The molecule has 1 aromatic carbocycles. The van der Waals surface area contributed by atoms with Crippen molar-refractivity contribution >= 4 is 28.9 Å². The van der Waals surface area contributed by atoms with Crippen molar-refractivity contribution < 1.29 is 19.4 Å². The summed E-state index contributed by atoms with van der Waals surface area (Å²) < 4.78 is 13.4. The van der Waals surface area contributed by atoms with E-state index in [-0.39, 0.29) is 18.1 Å². The molecule has 0 radical (unpaired) electrons. The van der Waals surface area contributed by atoms with E-state index in [0.29, 0.717) is 17.3 Å². The van der Waals surface area contributed by atoms with Gasteiger partial charge in [-0.1, -0.05) is 6.42 Å². The van der Waals surface area contributed by atoms with Gasteiger partial charge in [0.2, 0.25) is 5.91 Å². The van der Waals surface area contributed by atoms with Gasteiger partial charge in [0.05, 0.1) is 24.1 Å². The fourth-order valence-electron chi connectivity index (χ4n) is 4.89. The third kappa shape index (κ3) is 4.30. The maximum absolute atomic E-state index is 13.4. The summed E-state index contributed by atoms with van der Waals surface area (Å²) in [5.41, 5.74) is 0.649. The summed E-state index contributed by atoms with van der Waals surface area (Å²) in [6.07, 6.45) is 1.73. The van der Waals surface area contributed by atoms with Crippen LogP contribution >= 0.6 is 12.2 Å². The van der Waals surface area contributed by atoms with Gasteiger partial charge in [0, 0.05) is 18.8 Å². The van der Waals surface area contributed by atoms with Crippen LogP contribution in [-0.2, 0) is 4.79 Å². The predicted molar refractivity (Wildman–Crippen MR) is 116 cm³/mol. The first kappa shape index (κ1) is 21.4. The molecular formula is C21H29FN4O3S. The quantitative estimate of drug-likeness (QED) is 0.503. The number of aliphatic hydroxyl groups excluding tert-OH is 2. The number of likely N-dealkylation sites (tertiary alicyclic amines) is 1. The Bertz CT molecular complexity index is 774. The Balaban J connectivity index is 1.49. The Morgan fingerprint density at radius 2 is 1.90 bits per heavy atom. The molecule has 1 amide bonds. The van der Waals surface area contributed by atoms with E-state index in [4.69, 9.17) is 12.2 Å². The Morgan fingerprint density at radius 3 is 2.60 bits per heavy atom. The molecule has 2 heterocycles. The third-order valence-electron chi connectivity index (χ3n) is 6.46. The van der Waals surface area contributed by atoms with Gasteiger partial charge in [0.15, 0.2) is 5.11 Å². The van der Waals surface area contributed by atoms with Crippen LogP contribution < -0.4 is 15.5 Å². The Labute approximate surface area is 181 Å². The molecule has 30 heavy (non-hydrogen) atoms. The lowest BCUT2D eigenvalue weighted by molar-refractivity contribution is -0.131. The van der Waals surface area contributed by atoms with E-state index in [1.165, 1.54) is 31.4 Å². The second kappa shape index (κ2) is 9.13. The number of amides is 1. The second-order valence-corrected chi connectivity index (χ2v) is 8.79. The highest BCUT2D eigenvalue weighted by Crippen LogP contribution is 2.36. The summed E-state index contributed by atoms with van der Waals surface area (Å²) in [5, 5.41) is 27.3. The number of aliphatic hydroxyl groups is 2. The van der Waals surface area contributed by atoms with Crippen LogP contribution in [0.15, 0.2) is 24.3 Å². The number of nitrogens with one attached hydrogen (secondary N) is 2. The van der Waals surface area contributed by atoms with Crippen LogP contribution in [-0.4, -0.2) is 76.6 Å². The number of hydrogen-bond acceptors (Lipinski definition) is 5. The molecule has 0 unspecified atom stereocenters. The average molecular weight is 437 g/mol. The Morgan fingerprint density at radius 1 is 1.20 bits per heavy atom. The topological polar surface area (TPSA) is 88.1 Å². The average Bonchev–Trinajstić information content (AvgIpc) is 3.09. The van der Waals surface area contributed by atoms with Crippen LogP contribution in [0.1, 0.15) is 25.7 Å². The van der Waals surface area contributed by atoms with Gasteiger partial charge < -0.3 is 30.6 Å². The van der Waals surface area contributed by atoms with Crippen molar-refractivity contribution in [3.63, 3.8) is 0 Å². The number of nitrogens with zero attached hydrogens (tertiary/aromatic N) is 2. The highest BCUT2D eigenvalue weighted by atomic mass is 32.1. The molecular weight excluding hydrogens is 407 g/mol. The molecule has 2 saturated heterocycles. The van der Waals surface area contributed by atoms with Gasteiger partial charge in [0.1, 0.15) is 11.9 Å². The van der Waals surface area contributed by atoms with E-state index in [2.05, 4.69) is 15.5 Å². The summed E-state index contributed by atoms with van der Waals surface area (Å²) in [7, 11) is 0. The number of piperidine rings is 1. The fourth-order valence-corrected chi connectivity index (χ4v) is 5.26. The number of rotatable bonds is 5. The van der Waals surface area contributed by atoms with E-state index in [1.807, 2.05) is 0 Å². The van der Waals surface area contributed by atoms with E-state index >= 15 is 0 Å². The minimum atomic E-state index is -1.05. The lowest BCUT2D eigenvalue weighted by Crippen LogP contribution is -2.61.